The van der Waals surface area contributed by atoms with Crippen molar-refractivity contribution >= 4 is 0 Å². The lowest BCUT2D eigenvalue weighted by atomic mass is 10.2. The molecule has 2 heterocycles. The Morgan fingerprint density at radius 3 is 2.80 bits per heavy atom. The van der Waals surface area contributed by atoms with E-state index in [-0.39, 0.29) is 11.1 Å². The number of pyridine rings is 1. The lowest BCUT2D eigenvalue weighted by Gasteiger charge is -2.01. The SMILES string of the molecule is Cn1nccc1-c1ccc(C#N)c(=O)[nH]1. The minimum Gasteiger partial charge on any atom is -0.319 e. The lowest BCUT2D eigenvalue weighted by Crippen LogP contribution is -2.11. The fourth-order valence-corrected chi connectivity index (χ4v) is 1.35. The Hall–Kier alpha value is -2.35. The number of aromatic nitrogens is 3. The van der Waals surface area contributed by atoms with E-state index in [1.54, 1.807) is 30.1 Å². The van der Waals surface area contributed by atoms with Crippen LogP contribution in [0, 0.1) is 11.3 Å². The van der Waals surface area contributed by atoms with Crippen molar-refractivity contribution in [1.82, 2.24) is 14.8 Å². The van der Waals surface area contributed by atoms with Crippen molar-refractivity contribution < 1.29 is 0 Å². The fourth-order valence-electron chi connectivity index (χ4n) is 1.35. The fraction of sp³-hybridized carbons (Fsp3) is 0.100. The van der Waals surface area contributed by atoms with E-state index in [0.717, 1.165) is 5.69 Å². The van der Waals surface area contributed by atoms with Crippen LogP contribution in [0.15, 0.2) is 29.2 Å². The second-order valence-electron chi connectivity index (χ2n) is 3.07. The Morgan fingerprint density at radius 1 is 1.47 bits per heavy atom. The normalized spacial score (nSPS) is 9.87. The van der Waals surface area contributed by atoms with Crippen molar-refractivity contribution in [2.75, 3.05) is 0 Å². The molecular weight excluding hydrogens is 192 g/mol. The maximum atomic E-state index is 11.4. The molecule has 15 heavy (non-hydrogen) atoms. The van der Waals surface area contributed by atoms with E-state index in [4.69, 9.17) is 5.26 Å². The molecule has 5 nitrogen and oxygen atoms in total. The summed E-state index contributed by atoms with van der Waals surface area (Å²) < 4.78 is 1.65. The first-order valence-electron chi connectivity index (χ1n) is 4.34. The van der Waals surface area contributed by atoms with Gasteiger partial charge in [-0.15, -0.1) is 0 Å². The molecule has 0 atom stereocenters. The molecular formula is C10H8N4O. The van der Waals surface area contributed by atoms with Gasteiger partial charge in [0.05, 0.1) is 11.4 Å². The highest BCUT2D eigenvalue weighted by atomic mass is 16.1. The Balaban J connectivity index is 2.58. The molecule has 74 valence electrons. The highest BCUT2D eigenvalue weighted by Gasteiger charge is 2.05. The van der Waals surface area contributed by atoms with Crippen LogP contribution >= 0.6 is 0 Å². The second kappa shape index (κ2) is 3.42. The van der Waals surface area contributed by atoms with E-state index in [2.05, 4.69) is 10.1 Å². The molecule has 0 fully saturated rings. The van der Waals surface area contributed by atoms with E-state index in [1.807, 2.05) is 6.07 Å². The van der Waals surface area contributed by atoms with Crippen LogP contribution in [0.2, 0.25) is 0 Å². The van der Waals surface area contributed by atoms with Crippen molar-refractivity contribution in [2.24, 2.45) is 7.05 Å². The van der Waals surface area contributed by atoms with E-state index in [1.165, 1.54) is 6.07 Å². The van der Waals surface area contributed by atoms with Crippen LogP contribution in [0.5, 0.6) is 0 Å². The number of H-pyrrole nitrogens is 1. The summed E-state index contributed by atoms with van der Waals surface area (Å²) in [6.45, 7) is 0. The van der Waals surface area contributed by atoms with Gasteiger partial charge in [0.2, 0.25) is 0 Å². The molecule has 0 amide bonds. The van der Waals surface area contributed by atoms with Gasteiger partial charge in [0.1, 0.15) is 11.6 Å². The molecule has 0 aromatic carbocycles. The third-order valence-electron chi connectivity index (χ3n) is 2.13. The number of aromatic amines is 1. The third-order valence-corrected chi connectivity index (χ3v) is 2.13. The Labute approximate surface area is 85.6 Å². The van der Waals surface area contributed by atoms with Gasteiger partial charge in [0.15, 0.2) is 0 Å². The zero-order valence-electron chi connectivity index (χ0n) is 8.06. The van der Waals surface area contributed by atoms with Crippen molar-refractivity contribution in [3.05, 3.63) is 40.3 Å². The van der Waals surface area contributed by atoms with Gasteiger partial charge in [0.25, 0.3) is 5.56 Å². The predicted octanol–water partition coefficient (Wildman–Crippen LogP) is 0.647. The van der Waals surface area contributed by atoms with Crippen LogP contribution in [-0.4, -0.2) is 14.8 Å². The van der Waals surface area contributed by atoms with Crippen molar-refractivity contribution in [3.8, 4) is 17.5 Å². The Bertz CT molecular complexity index is 588. The van der Waals surface area contributed by atoms with Crippen LogP contribution < -0.4 is 5.56 Å². The molecule has 0 radical (unpaired) electrons. The monoisotopic (exact) mass is 200 g/mol. The van der Waals surface area contributed by atoms with Crippen LogP contribution in [0.1, 0.15) is 5.56 Å². The quantitative estimate of drug-likeness (QED) is 0.734. The molecule has 0 unspecified atom stereocenters. The molecule has 0 saturated carbocycles. The van der Waals surface area contributed by atoms with Crippen LogP contribution in [-0.2, 0) is 7.05 Å². The number of nitriles is 1. The topological polar surface area (TPSA) is 74.5 Å². The number of hydrogen-bond acceptors (Lipinski definition) is 3. The molecule has 0 aliphatic carbocycles. The van der Waals surface area contributed by atoms with Gasteiger partial charge < -0.3 is 4.98 Å². The zero-order valence-corrected chi connectivity index (χ0v) is 8.06. The first kappa shape index (κ1) is 9.21. The van der Waals surface area contributed by atoms with Gasteiger partial charge in [-0.25, -0.2) is 0 Å². The molecule has 0 bridgehead atoms. The predicted molar refractivity (Wildman–Crippen MR) is 54.0 cm³/mol. The minimum absolute atomic E-state index is 0.112. The summed E-state index contributed by atoms with van der Waals surface area (Å²) in [6.07, 6.45) is 1.64. The van der Waals surface area contributed by atoms with Crippen molar-refractivity contribution in [2.45, 2.75) is 0 Å². The molecule has 2 aromatic rings. The molecule has 2 rings (SSSR count). The molecule has 0 spiro atoms. The average molecular weight is 200 g/mol. The minimum atomic E-state index is -0.379. The van der Waals surface area contributed by atoms with E-state index in [9.17, 15) is 4.79 Å². The maximum Gasteiger partial charge on any atom is 0.266 e. The van der Waals surface area contributed by atoms with E-state index >= 15 is 0 Å². The van der Waals surface area contributed by atoms with E-state index < -0.39 is 0 Å². The number of aryl methyl sites for hydroxylation is 1. The summed E-state index contributed by atoms with van der Waals surface area (Å²) in [5.74, 6) is 0. The van der Waals surface area contributed by atoms with Gasteiger partial charge >= 0.3 is 0 Å². The molecule has 2 aromatic heterocycles. The third kappa shape index (κ3) is 1.53. The molecule has 0 aliphatic heterocycles. The first-order chi connectivity index (χ1) is 7.22. The highest BCUT2D eigenvalue weighted by molar-refractivity contribution is 5.54. The summed E-state index contributed by atoms with van der Waals surface area (Å²) in [5.41, 5.74) is 1.19. The largest absolute Gasteiger partial charge is 0.319 e. The van der Waals surface area contributed by atoms with Gasteiger partial charge in [-0.1, -0.05) is 0 Å². The lowest BCUT2D eigenvalue weighted by molar-refractivity contribution is 0.773. The zero-order chi connectivity index (χ0) is 10.8. The van der Waals surface area contributed by atoms with Crippen molar-refractivity contribution in [3.63, 3.8) is 0 Å². The summed E-state index contributed by atoms with van der Waals surface area (Å²) in [7, 11) is 1.78. The van der Waals surface area contributed by atoms with E-state index in [0.29, 0.717) is 5.69 Å². The molecule has 5 heteroatoms. The van der Waals surface area contributed by atoms with Crippen LogP contribution in [0.3, 0.4) is 0 Å². The van der Waals surface area contributed by atoms with Crippen LogP contribution in [0.25, 0.3) is 11.4 Å². The average Bonchev–Trinajstić information content (AvgIpc) is 2.64. The maximum absolute atomic E-state index is 11.4. The molecule has 1 N–H and O–H groups in total. The Morgan fingerprint density at radius 2 is 2.27 bits per heavy atom. The smallest absolute Gasteiger partial charge is 0.266 e. The Kier molecular flexibility index (Phi) is 2.10. The highest BCUT2D eigenvalue weighted by Crippen LogP contribution is 2.13. The summed E-state index contributed by atoms with van der Waals surface area (Å²) in [5, 5.41) is 12.6. The summed E-state index contributed by atoms with van der Waals surface area (Å²) >= 11 is 0. The van der Waals surface area contributed by atoms with Gasteiger partial charge in [-0.3, -0.25) is 9.48 Å². The number of hydrogen-bond donors (Lipinski definition) is 1. The van der Waals surface area contributed by atoms with Crippen LogP contribution in [0.4, 0.5) is 0 Å². The van der Waals surface area contributed by atoms with Gasteiger partial charge in [-0.05, 0) is 18.2 Å². The van der Waals surface area contributed by atoms with Gasteiger partial charge in [-0.2, -0.15) is 10.4 Å². The number of nitrogens with zero attached hydrogens (tertiary/aromatic N) is 3. The summed E-state index contributed by atoms with van der Waals surface area (Å²) in [6, 6.07) is 6.80. The van der Waals surface area contributed by atoms with Crippen molar-refractivity contribution in [1.29, 1.82) is 5.26 Å². The molecule has 0 saturated heterocycles. The standard InChI is InChI=1S/C10H8N4O/c1-14-9(4-5-12-14)8-3-2-7(6-11)10(15)13-8/h2-5H,1H3,(H,13,15). The summed E-state index contributed by atoms with van der Waals surface area (Å²) in [4.78, 5) is 14.0. The molecule has 0 aliphatic rings. The number of nitrogens with one attached hydrogen (secondary N) is 1. The first-order valence-corrected chi connectivity index (χ1v) is 4.34. The number of rotatable bonds is 1. The van der Waals surface area contributed by atoms with Gasteiger partial charge in [0, 0.05) is 13.2 Å². The second-order valence-corrected chi connectivity index (χ2v) is 3.07.